The lowest BCUT2D eigenvalue weighted by Gasteiger charge is -2.36. The molecule has 0 fully saturated rings. The molecule has 0 radical (unpaired) electrons. The summed E-state index contributed by atoms with van der Waals surface area (Å²) in [6.07, 6.45) is -2.00. The minimum atomic E-state index is -4.36. The van der Waals surface area contributed by atoms with Crippen LogP contribution in [-0.2, 0) is 16.1 Å². The van der Waals surface area contributed by atoms with Crippen molar-refractivity contribution in [2.45, 2.75) is 51.4 Å². The average Bonchev–Trinajstić information content (AvgIpc) is 2.66. The van der Waals surface area contributed by atoms with Crippen LogP contribution >= 0.6 is 8.58 Å². The van der Waals surface area contributed by atoms with Crippen LogP contribution in [0.3, 0.4) is 0 Å². The van der Waals surface area contributed by atoms with E-state index in [9.17, 15) is 13.2 Å². The van der Waals surface area contributed by atoms with Crippen molar-refractivity contribution in [1.82, 2.24) is 0 Å². The molecule has 0 amide bonds. The van der Waals surface area contributed by atoms with Gasteiger partial charge in [-0.25, -0.2) is 0 Å². The third-order valence-corrected chi connectivity index (χ3v) is 6.93. The van der Waals surface area contributed by atoms with Crippen molar-refractivity contribution in [1.29, 1.82) is 0 Å². The number of hydrogen-bond acceptors (Lipinski definition) is 2. The van der Waals surface area contributed by atoms with Crippen LogP contribution in [0.25, 0.3) is 0 Å². The lowest BCUT2D eigenvalue weighted by atomic mass is 9.89. The van der Waals surface area contributed by atoms with E-state index in [-0.39, 0.29) is 15.4 Å². The van der Waals surface area contributed by atoms with E-state index in [0.29, 0.717) is 11.1 Å². The zero-order valence-corrected chi connectivity index (χ0v) is 17.8. The average molecular weight is 412 g/mol. The summed E-state index contributed by atoms with van der Waals surface area (Å²) < 4.78 is 51.6. The Morgan fingerprint density at radius 2 is 1.71 bits per heavy atom. The van der Waals surface area contributed by atoms with Gasteiger partial charge in [-0.1, -0.05) is 64.7 Å². The van der Waals surface area contributed by atoms with E-state index in [0.717, 1.165) is 30.4 Å². The Morgan fingerprint density at radius 3 is 2.32 bits per heavy atom. The largest absolute Gasteiger partial charge is 0.467 e. The molecule has 0 aliphatic heterocycles. The molecule has 2 unspecified atom stereocenters. The highest BCUT2D eigenvalue weighted by Crippen LogP contribution is 2.52. The van der Waals surface area contributed by atoms with Gasteiger partial charge in [-0.3, -0.25) is 0 Å². The van der Waals surface area contributed by atoms with Gasteiger partial charge in [-0.2, -0.15) is 13.2 Å². The van der Waals surface area contributed by atoms with Gasteiger partial charge in [-0.05, 0) is 37.2 Å². The normalized spacial score (nSPS) is 14.4. The van der Waals surface area contributed by atoms with Crippen molar-refractivity contribution in [3.8, 4) is 5.75 Å². The molecule has 28 heavy (non-hydrogen) atoms. The first kappa shape index (κ1) is 22.7. The zero-order valence-electron chi connectivity index (χ0n) is 16.8. The molecule has 2 rings (SSSR count). The van der Waals surface area contributed by atoms with Gasteiger partial charge in [0.05, 0.1) is 5.56 Å². The van der Waals surface area contributed by atoms with E-state index in [1.54, 1.807) is 19.2 Å². The van der Waals surface area contributed by atoms with Gasteiger partial charge in [0.1, 0.15) is 5.75 Å². The molecule has 0 N–H and O–H groups in total. The van der Waals surface area contributed by atoms with Gasteiger partial charge in [0.15, 0.2) is 6.79 Å². The first-order valence-electron chi connectivity index (χ1n) is 9.44. The van der Waals surface area contributed by atoms with Crippen LogP contribution in [0.1, 0.15) is 49.8 Å². The number of rotatable bonds is 9. The van der Waals surface area contributed by atoms with Crippen LogP contribution in [0.2, 0.25) is 0 Å². The third kappa shape index (κ3) is 5.27. The maximum Gasteiger partial charge on any atom is 0.417 e. The highest BCUT2D eigenvalue weighted by Gasteiger charge is 2.38. The molecule has 2 aromatic carbocycles. The van der Waals surface area contributed by atoms with Crippen molar-refractivity contribution in [3.63, 3.8) is 0 Å². The monoisotopic (exact) mass is 412 g/mol. The Balaban J connectivity index is 2.60. The van der Waals surface area contributed by atoms with E-state index < -0.39 is 16.9 Å². The molecule has 0 aromatic heterocycles. The second-order valence-corrected chi connectivity index (χ2v) is 8.65. The molecule has 0 saturated carbocycles. The zero-order chi connectivity index (χ0) is 20.8. The fraction of sp³-hybridized carbons (Fsp3) is 0.455. The highest BCUT2D eigenvalue weighted by molar-refractivity contribution is 7.48. The summed E-state index contributed by atoms with van der Waals surface area (Å²) in [5.41, 5.74) is 1.47. The van der Waals surface area contributed by atoms with E-state index in [2.05, 4.69) is 6.92 Å². The van der Waals surface area contributed by atoms with Crippen molar-refractivity contribution in [3.05, 3.63) is 59.2 Å². The summed E-state index contributed by atoms with van der Waals surface area (Å²) in [5, 5.41) is -0.0740. The molecule has 6 heteroatoms. The second-order valence-electron chi connectivity index (χ2n) is 6.90. The Labute approximate surface area is 167 Å². The van der Waals surface area contributed by atoms with Gasteiger partial charge in [-0.15, -0.1) is 0 Å². The number of ether oxygens (including phenoxy) is 2. The summed E-state index contributed by atoms with van der Waals surface area (Å²) in [7, 11) is 1.53. The number of hydrogen-bond donors (Lipinski definition) is 0. The van der Waals surface area contributed by atoms with Crippen LogP contribution in [-0.4, -0.2) is 13.9 Å². The fourth-order valence-corrected chi connectivity index (χ4v) is 5.45. The fourth-order valence-electron chi connectivity index (χ4n) is 3.51. The minimum absolute atomic E-state index is 0.0204. The van der Waals surface area contributed by atoms with Crippen molar-refractivity contribution >= 4 is 13.9 Å². The van der Waals surface area contributed by atoms with Crippen molar-refractivity contribution in [2.75, 3.05) is 13.9 Å². The topological polar surface area (TPSA) is 18.5 Å². The van der Waals surface area contributed by atoms with Crippen LogP contribution in [0.5, 0.6) is 5.75 Å². The molecule has 2 aromatic rings. The first-order valence-corrected chi connectivity index (χ1v) is 10.4. The molecule has 0 aliphatic carbocycles. The summed E-state index contributed by atoms with van der Waals surface area (Å²) >= 11 is 0. The van der Waals surface area contributed by atoms with Crippen molar-refractivity contribution in [2.24, 2.45) is 0 Å². The summed E-state index contributed by atoms with van der Waals surface area (Å²) in [6, 6.07) is 11.8. The predicted molar refractivity (Wildman–Crippen MR) is 110 cm³/mol. The Kier molecular flexibility index (Phi) is 7.91. The number of methoxy groups -OCH3 is 1. The Hall–Kier alpha value is -1.58. The smallest absolute Gasteiger partial charge is 0.417 e. The maximum atomic E-state index is 13.6. The molecular formula is C22H28F3O2P. The quantitative estimate of drug-likeness (QED) is 0.350. The minimum Gasteiger partial charge on any atom is -0.467 e. The van der Waals surface area contributed by atoms with Gasteiger partial charge in [0.25, 0.3) is 0 Å². The van der Waals surface area contributed by atoms with E-state index in [1.165, 1.54) is 12.1 Å². The number of aryl methyl sites for hydroxylation is 1. The molecule has 2 atom stereocenters. The number of alkyl halides is 3. The SMILES string of the molecule is CCCC(CC)(Pc1ccccc1C(F)(F)F)c1cc(C)ccc1OCOC. The Morgan fingerprint density at radius 1 is 1.00 bits per heavy atom. The van der Waals surface area contributed by atoms with Crippen LogP contribution in [0, 0.1) is 6.92 Å². The number of benzene rings is 2. The van der Waals surface area contributed by atoms with Gasteiger partial charge >= 0.3 is 6.18 Å². The van der Waals surface area contributed by atoms with Crippen molar-refractivity contribution < 1.29 is 22.6 Å². The summed E-state index contributed by atoms with van der Waals surface area (Å²) in [4.78, 5) is 0. The molecule has 154 valence electrons. The molecule has 0 spiro atoms. The van der Waals surface area contributed by atoms with Gasteiger partial charge < -0.3 is 9.47 Å². The van der Waals surface area contributed by atoms with E-state index in [1.807, 2.05) is 32.0 Å². The molecule has 0 bridgehead atoms. The molecule has 2 nitrogen and oxygen atoms in total. The van der Waals surface area contributed by atoms with Crippen LogP contribution in [0.15, 0.2) is 42.5 Å². The third-order valence-electron chi connectivity index (χ3n) is 4.87. The molecule has 0 saturated heterocycles. The second kappa shape index (κ2) is 9.76. The summed E-state index contributed by atoms with van der Waals surface area (Å²) in [5.74, 6) is 0.680. The standard InChI is InChI=1S/C22H28F3O2P/c1-5-13-21(6-2,18-14-16(3)11-12-19(18)27-15-26-4)28-20-10-8-7-9-17(20)22(23,24)25/h7-12,14,28H,5-6,13,15H2,1-4H3. The van der Waals surface area contributed by atoms with Gasteiger partial charge in [0, 0.05) is 17.8 Å². The molecule has 0 aliphatic rings. The first-order chi connectivity index (χ1) is 13.3. The van der Waals surface area contributed by atoms with Crippen LogP contribution < -0.4 is 10.0 Å². The van der Waals surface area contributed by atoms with Crippen LogP contribution in [0.4, 0.5) is 13.2 Å². The van der Waals surface area contributed by atoms with E-state index >= 15 is 0 Å². The lowest BCUT2D eigenvalue weighted by molar-refractivity contribution is -0.136. The number of halogens is 3. The summed E-state index contributed by atoms with van der Waals surface area (Å²) in [6.45, 7) is 6.20. The maximum absolute atomic E-state index is 13.6. The molecule has 0 heterocycles. The lowest BCUT2D eigenvalue weighted by Crippen LogP contribution is -2.26. The highest BCUT2D eigenvalue weighted by atomic mass is 31.1. The van der Waals surface area contributed by atoms with E-state index in [4.69, 9.17) is 9.47 Å². The predicted octanol–water partition coefficient (Wildman–Crippen LogP) is 6.41. The molecular weight excluding hydrogens is 384 g/mol. The van der Waals surface area contributed by atoms with Gasteiger partial charge in [0.2, 0.25) is 0 Å². The Bertz CT molecular complexity index is 777.